The number of nitrogens with zero attached hydrogens (tertiary/aromatic N) is 1. The molecule has 132 valence electrons. The molecule has 2 aliphatic rings. The Labute approximate surface area is 138 Å². The monoisotopic (exact) mass is 343 g/mol. The molecule has 1 amide bonds. The van der Waals surface area contributed by atoms with E-state index in [0.717, 1.165) is 37.8 Å². The smallest absolute Gasteiger partial charge is 0.406 e. The van der Waals surface area contributed by atoms with Crippen LogP contribution in [0.25, 0.3) is 0 Å². The van der Waals surface area contributed by atoms with E-state index >= 15 is 0 Å². The number of ether oxygens (including phenoxy) is 2. The third kappa shape index (κ3) is 4.87. The lowest BCUT2D eigenvalue weighted by atomic mass is 10.1. The minimum Gasteiger partial charge on any atom is -0.406 e. The van der Waals surface area contributed by atoms with Gasteiger partial charge in [-0.05, 0) is 43.4 Å². The van der Waals surface area contributed by atoms with Crippen LogP contribution in [0.1, 0.15) is 31.2 Å². The van der Waals surface area contributed by atoms with Crippen molar-refractivity contribution in [1.29, 1.82) is 0 Å². The van der Waals surface area contributed by atoms with Gasteiger partial charge in [-0.15, -0.1) is 13.2 Å². The van der Waals surface area contributed by atoms with Crippen molar-refractivity contribution in [3.8, 4) is 5.75 Å². The molecule has 1 aromatic rings. The summed E-state index contributed by atoms with van der Waals surface area (Å²) in [6, 6.07) is 5.65. The predicted molar refractivity (Wildman–Crippen MR) is 80.2 cm³/mol. The number of carbonyl (C=O) groups excluding carboxylic acids is 1. The molecule has 0 radical (unpaired) electrons. The highest BCUT2D eigenvalue weighted by molar-refractivity contribution is 5.81. The SMILES string of the molecule is O=C(C1CC1)N1CCCC(OCc2ccc(OC(F)(F)F)cc2)C1. The summed E-state index contributed by atoms with van der Waals surface area (Å²) in [6.07, 6.45) is -0.906. The van der Waals surface area contributed by atoms with E-state index in [2.05, 4.69) is 4.74 Å². The summed E-state index contributed by atoms with van der Waals surface area (Å²) in [7, 11) is 0. The Balaban J connectivity index is 1.47. The third-order valence-corrected chi connectivity index (χ3v) is 4.26. The first kappa shape index (κ1) is 17.1. The van der Waals surface area contributed by atoms with Gasteiger partial charge in [0.1, 0.15) is 5.75 Å². The summed E-state index contributed by atoms with van der Waals surface area (Å²) in [4.78, 5) is 14.0. The molecule has 1 saturated heterocycles. The Bertz CT molecular complexity index is 569. The average Bonchev–Trinajstić information content (AvgIpc) is 3.37. The quantitative estimate of drug-likeness (QED) is 0.821. The first-order valence-corrected chi connectivity index (χ1v) is 8.16. The number of benzene rings is 1. The highest BCUT2D eigenvalue weighted by Gasteiger charge is 2.35. The minimum atomic E-state index is -4.68. The third-order valence-electron chi connectivity index (χ3n) is 4.26. The molecule has 1 unspecified atom stereocenters. The second-order valence-corrected chi connectivity index (χ2v) is 6.33. The Hall–Kier alpha value is -1.76. The number of piperidine rings is 1. The molecule has 1 aliphatic heterocycles. The number of rotatable bonds is 5. The van der Waals surface area contributed by atoms with Crippen LogP contribution in [0.4, 0.5) is 13.2 Å². The van der Waals surface area contributed by atoms with Gasteiger partial charge in [0, 0.05) is 19.0 Å². The maximum Gasteiger partial charge on any atom is 0.573 e. The first-order chi connectivity index (χ1) is 11.4. The molecule has 0 N–H and O–H groups in total. The van der Waals surface area contributed by atoms with Gasteiger partial charge in [-0.3, -0.25) is 4.79 Å². The lowest BCUT2D eigenvalue weighted by Crippen LogP contribution is -2.43. The van der Waals surface area contributed by atoms with Gasteiger partial charge in [0.25, 0.3) is 0 Å². The molecule has 1 aliphatic carbocycles. The molecule has 1 saturated carbocycles. The second-order valence-electron chi connectivity index (χ2n) is 6.33. The van der Waals surface area contributed by atoms with Crippen LogP contribution in [0, 0.1) is 5.92 Å². The molecule has 7 heteroatoms. The first-order valence-electron chi connectivity index (χ1n) is 8.16. The molecule has 24 heavy (non-hydrogen) atoms. The summed E-state index contributed by atoms with van der Waals surface area (Å²) in [5.41, 5.74) is 0.773. The van der Waals surface area contributed by atoms with Crippen LogP contribution >= 0.6 is 0 Å². The van der Waals surface area contributed by atoms with Gasteiger partial charge in [0.05, 0.1) is 12.7 Å². The molecule has 0 bridgehead atoms. The Kier molecular flexibility index (Phi) is 4.99. The van der Waals surface area contributed by atoms with Crippen LogP contribution in [0.3, 0.4) is 0 Å². The molecule has 3 rings (SSSR count). The van der Waals surface area contributed by atoms with Crippen molar-refractivity contribution in [2.24, 2.45) is 5.92 Å². The highest BCUT2D eigenvalue weighted by atomic mass is 19.4. The second kappa shape index (κ2) is 7.01. The summed E-state index contributed by atoms with van der Waals surface area (Å²) in [5.74, 6) is 0.201. The van der Waals surface area contributed by atoms with E-state index in [4.69, 9.17) is 4.74 Å². The topological polar surface area (TPSA) is 38.8 Å². The Morgan fingerprint density at radius 2 is 1.88 bits per heavy atom. The number of hydrogen-bond donors (Lipinski definition) is 0. The van der Waals surface area contributed by atoms with Crippen molar-refractivity contribution >= 4 is 5.91 Å². The Morgan fingerprint density at radius 1 is 1.17 bits per heavy atom. The standard InChI is InChI=1S/C17H20F3NO3/c18-17(19,20)24-14-7-3-12(4-8-14)11-23-15-2-1-9-21(10-15)16(22)13-5-6-13/h3-4,7-8,13,15H,1-2,5-6,9-11H2. The van der Waals surface area contributed by atoms with Crippen molar-refractivity contribution in [3.63, 3.8) is 0 Å². The molecule has 1 atom stereocenters. The molecular weight excluding hydrogens is 323 g/mol. The van der Waals surface area contributed by atoms with E-state index in [0.29, 0.717) is 13.2 Å². The molecule has 2 fully saturated rings. The molecule has 1 aromatic carbocycles. The van der Waals surface area contributed by atoms with Gasteiger partial charge in [-0.2, -0.15) is 0 Å². The largest absolute Gasteiger partial charge is 0.573 e. The fourth-order valence-electron chi connectivity index (χ4n) is 2.86. The van der Waals surface area contributed by atoms with Gasteiger partial charge in [0.2, 0.25) is 5.91 Å². The number of carbonyl (C=O) groups is 1. The van der Waals surface area contributed by atoms with Gasteiger partial charge < -0.3 is 14.4 Å². The van der Waals surface area contributed by atoms with Crippen LogP contribution in [-0.4, -0.2) is 36.4 Å². The molecule has 4 nitrogen and oxygen atoms in total. The van der Waals surface area contributed by atoms with Crippen molar-refractivity contribution in [1.82, 2.24) is 4.90 Å². The van der Waals surface area contributed by atoms with Gasteiger partial charge in [0.15, 0.2) is 0 Å². The van der Waals surface area contributed by atoms with Crippen molar-refractivity contribution in [2.75, 3.05) is 13.1 Å². The molecule has 0 spiro atoms. The number of amides is 1. The molecular formula is C17H20F3NO3. The fraction of sp³-hybridized carbons (Fsp3) is 0.588. The molecule has 1 heterocycles. The van der Waals surface area contributed by atoms with Crippen LogP contribution in [-0.2, 0) is 16.1 Å². The predicted octanol–water partition coefficient (Wildman–Crippen LogP) is 3.50. The van der Waals surface area contributed by atoms with Crippen molar-refractivity contribution in [3.05, 3.63) is 29.8 Å². The summed E-state index contributed by atoms with van der Waals surface area (Å²) >= 11 is 0. The van der Waals surface area contributed by atoms with Crippen molar-refractivity contribution < 1.29 is 27.4 Å². The number of hydrogen-bond acceptors (Lipinski definition) is 3. The normalized spacial score (nSPS) is 21.6. The van der Waals surface area contributed by atoms with Crippen LogP contribution in [0.15, 0.2) is 24.3 Å². The van der Waals surface area contributed by atoms with Gasteiger partial charge >= 0.3 is 6.36 Å². The van der Waals surface area contributed by atoms with Gasteiger partial charge in [-0.25, -0.2) is 0 Å². The lowest BCUT2D eigenvalue weighted by Gasteiger charge is -2.32. The van der Waals surface area contributed by atoms with E-state index in [9.17, 15) is 18.0 Å². The van der Waals surface area contributed by atoms with Crippen LogP contribution in [0.5, 0.6) is 5.75 Å². The van der Waals surface area contributed by atoms with Crippen molar-refractivity contribution in [2.45, 2.75) is 44.8 Å². The van der Waals surface area contributed by atoms with Crippen LogP contribution < -0.4 is 4.74 Å². The maximum atomic E-state index is 12.1. The number of alkyl halides is 3. The highest BCUT2D eigenvalue weighted by Crippen LogP contribution is 2.32. The van der Waals surface area contributed by atoms with E-state index in [1.165, 1.54) is 12.1 Å². The zero-order chi connectivity index (χ0) is 17.2. The van der Waals surface area contributed by atoms with E-state index in [1.54, 1.807) is 12.1 Å². The van der Waals surface area contributed by atoms with Crippen LogP contribution in [0.2, 0.25) is 0 Å². The lowest BCUT2D eigenvalue weighted by molar-refractivity contribution is -0.274. The average molecular weight is 343 g/mol. The maximum absolute atomic E-state index is 12.1. The molecule has 0 aromatic heterocycles. The summed E-state index contributed by atoms with van der Waals surface area (Å²) < 4.78 is 46.0. The zero-order valence-corrected chi connectivity index (χ0v) is 13.2. The van der Waals surface area contributed by atoms with E-state index in [-0.39, 0.29) is 23.7 Å². The zero-order valence-electron chi connectivity index (χ0n) is 13.2. The Morgan fingerprint density at radius 3 is 2.50 bits per heavy atom. The van der Waals surface area contributed by atoms with E-state index < -0.39 is 6.36 Å². The summed E-state index contributed by atoms with van der Waals surface area (Å²) in [5, 5.41) is 0. The number of likely N-dealkylation sites (tertiary alicyclic amines) is 1. The summed E-state index contributed by atoms with van der Waals surface area (Å²) in [6.45, 7) is 1.70. The van der Waals surface area contributed by atoms with Gasteiger partial charge in [-0.1, -0.05) is 12.1 Å². The number of halogens is 3. The van der Waals surface area contributed by atoms with E-state index in [1.807, 2.05) is 4.90 Å². The minimum absolute atomic E-state index is 0.0208. The fourth-order valence-corrected chi connectivity index (χ4v) is 2.86.